The van der Waals surface area contributed by atoms with Crippen molar-refractivity contribution < 1.29 is 4.79 Å². The lowest BCUT2D eigenvalue weighted by Gasteiger charge is -2.18. The van der Waals surface area contributed by atoms with Gasteiger partial charge >= 0.3 is 0 Å². The van der Waals surface area contributed by atoms with Gasteiger partial charge in [-0.25, -0.2) is 0 Å². The summed E-state index contributed by atoms with van der Waals surface area (Å²) in [4.78, 5) is 23.3. The number of rotatable bonds is 6. The minimum atomic E-state index is -0.0929. The second-order valence-electron chi connectivity index (χ2n) is 7.59. The van der Waals surface area contributed by atoms with E-state index in [0.29, 0.717) is 11.5 Å². The summed E-state index contributed by atoms with van der Waals surface area (Å²) in [6, 6.07) is 26.8. The predicted octanol–water partition coefficient (Wildman–Crippen LogP) is 3.58. The summed E-state index contributed by atoms with van der Waals surface area (Å²) in [5.41, 5.74) is 3.28. The summed E-state index contributed by atoms with van der Waals surface area (Å²) in [5.74, 6) is 0.303. The molecule has 1 unspecified atom stereocenters. The normalized spacial score (nSPS) is 14.8. The monoisotopic (exact) mass is 383 g/mol. The first-order valence-corrected chi connectivity index (χ1v) is 9.99. The molecule has 0 aliphatic carbocycles. The number of carbonyl (C=O) groups is 1. The van der Waals surface area contributed by atoms with Crippen LogP contribution in [0.3, 0.4) is 0 Å². The highest BCUT2D eigenvalue weighted by Gasteiger charge is 2.18. The fourth-order valence-electron chi connectivity index (χ4n) is 3.82. The van der Waals surface area contributed by atoms with Gasteiger partial charge in [0.2, 0.25) is 0 Å². The van der Waals surface area contributed by atoms with Gasteiger partial charge < -0.3 is 4.90 Å². The third kappa shape index (κ3) is 4.27. The van der Waals surface area contributed by atoms with Gasteiger partial charge in [-0.3, -0.25) is 14.8 Å². The Morgan fingerprint density at radius 1 is 0.862 bits per heavy atom. The molecule has 0 spiro atoms. The molecule has 0 fully saturated rings. The Bertz CT molecular complexity index is 1070. The molecule has 0 saturated heterocycles. The van der Waals surface area contributed by atoms with Gasteiger partial charge in [-0.1, -0.05) is 60.7 Å². The molecule has 1 amide bonds. The lowest BCUT2D eigenvalue weighted by Crippen LogP contribution is -2.27. The second kappa shape index (κ2) is 8.39. The van der Waals surface area contributed by atoms with E-state index in [-0.39, 0.29) is 12.1 Å². The van der Waals surface area contributed by atoms with Gasteiger partial charge in [-0.15, -0.1) is 0 Å². The third-order valence-corrected chi connectivity index (χ3v) is 5.32. The van der Waals surface area contributed by atoms with Crippen LogP contribution in [0.2, 0.25) is 0 Å². The first kappa shape index (κ1) is 19.1. The van der Waals surface area contributed by atoms with Crippen molar-refractivity contribution in [3.05, 3.63) is 106 Å². The van der Waals surface area contributed by atoms with Crippen LogP contribution in [0.1, 0.15) is 40.2 Å². The Hall–Kier alpha value is -3.27. The van der Waals surface area contributed by atoms with Crippen LogP contribution in [0.5, 0.6) is 0 Å². The first-order chi connectivity index (χ1) is 14.1. The predicted molar refractivity (Wildman–Crippen MR) is 115 cm³/mol. The molecule has 0 radical (unpaired) electrons. The van der Waals surface area contributed by atoms with Gasteiger partial charge in [-0.05, 0) is 42.2 Å². The van der Waals surface area contributed by atoms with E-state index in [2.05, 4.69) is 60.7 Å². The van der Waals surface area contributed by atoms with Gasteiger partial charge in [0.25, 0.3) is 5.91 Å². The molecule has 1 aliphatic heterocycles. The third-order valence-electron chi connectivity index (χ3n) is 5.32. The molecule has 3 aromatic carbocycles. The number of nitrogens with zero attached hydrogens (tertiary/aromatic N) is 3. The van der Waals surface area contributed by atoms with Crippen molar-refractivity contribution >= 4 is 5.91 Å². The standard InChI is InChI=1S/C25H25N3O/c1-28(2)25(29)20-13-15-22-23(17-20)27-24(26-22)16-14-21(18-9-5-3-6-10-18)19-11-7-4-8-12-19/h3-13,15,17,21,24H,14,16H2,1-2H3. The highest BCUT2D eigenvalue weighted by molar-refractivity contribution is 5.93. The minimum Gasteiger partial charge on any atom is -0.345 e. The van der Waals surface area contributed by atoms with E-state index >= 15 is 0 Å². The van der Waals surface area contributed by atoms with E-state index in [1.54, 1.807) is 19.0 Å². The van der Waals surface area contributed by atoms with Crippen molar-refractivity contribution in [2.45, 2.75) is 24.9 Å². The molecule has 29 heavy (non-hydrogen) atoms. The van der Waals surface area contributed by atoms with Crippen LogP contribution in [0.25, 0.3) is 0 Å². The molecule has 1 atom stereocenters. The van der Waals surface area contributed by atoms with Crippen LogP contribution in [-0.4, -0.2) is 31.1 Å². The molecule has 0 saturated carbocycles. The van der Waals surface area contributed by atoms with Crippen molar-refractivity contribution in [3.8, 4) is 0 Å². The molecular formula is C25H25N3O. The zero-order chi connectivity index (χ0) is 20.2. The molecule has 3 aromatic rings. The maximum absolute atomic E-state index is 12.2. The highest BCUT2D eigenvalue weighted by Crippen LogP contribution is 2.30. The number of carbonyl (C=O) groups excluding carboxylic acids is 1. The van der Waals surface area contributed by atoms with Gasteiger partial charge in [0.05, 0.1) is 10.7 Å². The Kier molecular flexibility index (Phi) is 5.52. The van der Waals surface area contributed by atoms with E-state index in [1.165, 1.54) is 11.1 Å². The van der Waals surface area contributed by atoms with Crippen LogP contribution in [0, 0.1) is 0 Å². The summed E-state index contributed by atoms with van der Waals surface area (Å²) in [6.45, 7) is 0. The Labute approximate surface area is 171 Å². The number of amides is 1. The Morgan fingerprint density at radius 3 is 2.03 bits per heavy atom. The molecular weight excluding hydrogens is 358 g/mol. The average Bonchev–Trinajstić information content (AvgIpc) is 3.17. The van der Waals surface area contributed by atoms with E-state index in [4.69, 9.17) is 9.98 Å². The number of benzene rings is 3. The van der Waals surface area contributed by atoms with Crippen molar-refractivity contribution in [3.63, 3.8) is 0 Å². The largest absolute Gasteiger partial charge is 0.345 e. The first-order valence-electron chi connectivity index (χ1n) is 9.99. The van der Waals surface area contributed by atoms with Crippen molar-refractivity contribution in [2.24, 2.45) is 9.98 Å². The SMILES string of the molecule is CN(C)C(=O)c1ccc2c(c1)=NC(CCC(c1ccccc1)c1ccccc1)N=2. The van der Waals surface area contributed by atoms with Crippen molar-refractivity contribution in [1.29, 1.82) is 0 Å². The topological polar surface area (TPSA) is 45.0 Å². The molecule has 4 rings (SSSR count). The quantitative estimate of drug-likeness (QED) is 0.642. The summed E-state index contributed by atoms with van der Waals surface area (Å²) < 4.78 is 0. The van der Waals surface area contributed by atoms with E-state index in [1.807, 2.05) is 18.2 Å². The average molecular weight is 383 g/mol. The molecule has 1 aliphatic rings. The van der Waals surface area contributed by atoms with E-state index in [0.717, 1.165) is 23.6 Å². The Balaban J connectivity index is 1.54. The summed E-state index contributed by atoms with van der Waals surface area (Å²) >= 11 is 0. The van der Waals surface area contributed by atoms with Gasteiger partial charge in [0, 0.05) is 25.6 Å². The molecule has 0 N–H and O–H groups in total. The summed E-state index contributed by atoms with van der Waals surface area (Å²) in [5, 5.41) is 1.69. The maximum atomic E-state index is 12.2. The van der Waals surface area contributed by atoms with Gasteiger partial charge in [0.15, 0.2) is 0 Å². The minimum absolute atomic E-state index is 0.0142. The van der Waals surface area contributed by atoms with Crippen LogP contribution >= 0.6 is 0 Å². The molecule has 4 heteroatoms. The van der Waals surface area contributed by atoms with E-state index in [9.17, 15) is 4.79 Å². The molecule has 0 aromatic heterocycles. The van der Waals surface area contributed by atoms with Crippen molar-refractivity contribution in [1.82, 2.24) is 4.90 Å². The summed E-state index contributed by atoms with van der Waals surface area (Å²) in [7, 11) is 3.51. The Morgan fingerprint density at radius 2 is 1.45 bits per heavy atom. The smallest absolute Gasteiger partial charge is 0.253 e. The van der Waals surface area contributed by atoms with Gasteiger partial charge in [0.1, 0.15) is 6.17 Å². The van der Waals surface area contributed by atoms with Crippen LogP contribution < -0.4 is 10.7 Å². The molecule has 4 nitrogen and oxygen atoms in total. The molecule has 1 heterocycles. The number of hydrogen-bond acceptors (Lipinski definition) is 3. The van der Waals surface area contributed by atoms with Crippen molar-refractivity contribution in [2.75, 3.05) is 14.1 Å². The molecule has 0 bridgehead atoms. The fourth-order valence-corrected chi connectivity index (χ4v) is 3.82. The lowest BCUT2D eigenvalue weighted by atomic mass is 9.87. The molecule has 146 valence electrons. The maximum Gasteiger partial charge on any atom is 0.253 e. The fraction of sp³-hybridized carbons (Fsp3) is 0.240. The number of fused-ring (bicyclic) bond motifs is 1. The highest BCUT2D eigenvalue weighted by atomic mass is 16.2. The van der Waals surface area contributed by atoms with Crippen LogP contribution in [0.15, 0.2) is 88.8 Å². The summed E-state index contributed by atoms with van der Waals surface area (Å²) in [6.07, 6.45) is 1.73. The zero-order valence-electron chi connectivity index (χ0n) is 16.8. The lowest BCUT2D eigenvalue weighted by molar-refractivity contribution is 0.0827. The van der Waals surface area contributed by atoms with E-state index < -0.39 is 0 Å². The zero-order valence-corrected chi connectivity index (χ0v) is 16.8. The second-order valence-corrected chi connectivity index (χ2v) is 7.59. The van der Waals surface area contributed by atoms with Crippen LogP contribution in [-0.2, 0) is 0 Å². The van der Waals surface area contributed by atoms with Gasteiger partial charge in [-0.2, -0.15) is 0 Å². The van der Waals surface area contributed by atoms with Crippen LogP contribution in [0.4, 0.5) is 0 Å². The number of hydrogen-bond donors (Lipinski definition) is 0.